The Morgan fingerprint density at radius 3 is 1.91 bits per heavy atom. The Labute approximate surface area is 71.6 Å². The van der Waals surface area contributed by atoms with Gasteiger partial charge in [0.1, 0.15) is 0 Å². The molecule has 0 spiro atoms. The van der Waals surface area contributed by atoms with Crippen LogP contribution in [-0.2, 0) is 0 Å². The van der Waals surface area contributed by atoms with E-state index in [2.05, 4.69) is 26.1 Å². The minimum atomic E-state index is 0.856. The van der Waals surface area contributed by atoms with Gasteiger partial charge in [-0.05, 0) is 30.8 Å². The van der Waals surface area contributed by atoms with Crippen LogP contribution in [0.15, 0.2) is 0 Å². The van der Waals surface area contributed by atoms with E-state index in [1.807, 2.05) is 13.8 Å². The van der Waals surface area contributed by atoms with Crippen LogP contribution in [0.3, 0.4) is 0 Å². The van der Waals surface area contributed by atoms with Gasteiger partial charge < -0.3 is 5.32 Å². The lowest BCUT2D eigenvalue weighted by atomic mass is 9.88. The van der Waals surface area contributed by atoms with Gasteiger partial charge >= 0.3 is 0 Å². The molecule has 2 unspecified atom stereocenters. The van der Waals surface area contributed by atoms with Crippen molar-refractivity contribution in [1.82, 2.24) is 5.32 Å². The van der Waals surface area contributed by atoms with Gasteiger partial charge in [-0.25, -0.2) is 0 Å². The largest absolute Gasteiger partial charge is 0.316 e. The van der Waals surface area contributed by atoms with E-state index in [4.69, 9.17) is 0 Å². The van der Waals surface area contributed by atoms with E-state index in [0.29, 0.717) is 0 Å². The van der Waals surface area contributed by atoms with Crippen LogP contribution < -0.4 is 5.32 Å². The number of nitrogens with one attached hydrogen (secondary N) is 1. The highest BCUT2D eigenvalue weighted by Crippen LogP contribution is 2.23. The summed E-state index contributed by atoms with van der Waals surface area (Å²) in [5.74, 6) is 2.67. The van der Waals surface area contributed by atoms with Crippen LogP contribution in [0, 0.1) is 17.8 Å². The third-order valence-corrected chi connectivity index (χ3v) is 2.43. The SMILES string of the molecule is CC.CC(C)C1CNCC1C. The fourth-order valence-electron chi connectivity index (χ4n) is 1.72. The molecule has 0 aromatic rings. The molecule has 0 radical (unpaired) electrons. The topological polar surface area (TPSA) is 12.0 Å². The average Bonchev–Trinajstić information content (AvgIpc) is 2.39. The molecule has 1 aliphatic heterocycles. The van der Waals surface area contributed by atoms with Gasteiger partial charge in [0.15, 0.2) is 0 Å². The lowest BCUT2D eigenvalue weighted by molar-refractivity contribution is 0.339. The molecule has 1 N–H and O–H groups in total. The van der Waals surface area contributed by atoms with Gasteiger partial charge in [0.05, 0.1) is 0 Å². The molecule has 0 aromatic heterocycles. The molecule has 2 atom stereocenters. The Bertz CT molecular complexity index is 88.9. The fourth-order valence-corrected chi connectivity index (χ4v) is 1.72. The van der Waals surface area contributed by atoms with Gasteiger partial charge in [0.2, 0.25) is 0 Å². The van der Waals surface area contributed by atoms with Crippen LogP contribution in [0.5, 0.6) is 0 Å². The van der Waals surface area contributed by atoms with Crippen LogP contribution in [0.2, 0.25) is 0 Å². The maximum atomic E-state index is 3.40. The van der Waals surface area contributed by atoms with Crippen molar-refractivity contribution in [2.24, 2.45) is 17.8 Å². The number of hydrogen-bond donors (Lipinski definition) is 1. The van der Waals surface area contributed by atoms with Crippen molar-refractivity contribution in [3.63, 3.8) is 0 Å². The summed E-state index contributed by atoms with van der Waals surface area (Å²) in [6.07, 6.45) is 0. The molecule has 0 aliphatic carbocycles. The minimum Gasteiger partial charge on any atom is -0.316 e. The third kappa shape index (κ3) is 3.24. The molecule has 1 nitrogen and oxygen atoms in total. The minimum absolute atomic E-state index is 0.856. The van der Waals surface area contributed by atoms with Crippen LogP contribution in [0.4, 0.5) is 0 Å². The summed E-state index contributed by atoms with van der Waals surface area (Å²) in [6.45, 7) is 13.4. The monoisotopic (exact) mass is 157 g/mol. The molecule has 68 valence electrons. The van der Waals surface area contributed by atoms with Crippen molar-refractivity contribution in [1.29, 1.82) is 0 Å². The van der Waals surface area contributed by atoms with Crippen molar-refractivity contribution >= 4 is 0 Å². The van der Waals surface area contributed by atoms with Crippen LogP contribution in [-0.4, -0.2) is 13.1 Å². The van der Waals surface area contributed by atoms with E-state index in [-0.39, 0.29) is 0 Å². The van der Waals surface area contributed by atoms with E-state index in [0.717, 1.165) is 17.8 Å². The zero-order valence-corrected chi connectivity index (χ0v) is 8.65. The highest BCUT2D eigenvalue weighted by atomic mass is 14.9. The maximum Gasteiger partial charge on any atom is -0.00149 e. The van der Waals surface area contributed by atoms with Crippen LogP contribution in [0.1, 0.15) is 34.6 Å². The lowest BCUT2D eigenvalue weighted by Crippen LogP contribution is -2.15. The van der Waals surface area contributed by atoms with Crippen molar-refractivity contribution in [2.75, 3.05) is 13.1 Å². The van der Waals surface area contributed by atoms with Crippen molar-refractivity contribution < 1.29 is 0 Å². The molecular weight excluding hydrogens is 134 g/mol. The van der Waals surface area contributed by atoms with Gasteiger partial charge in [-0.3, -0.25) is 0 Å². The molecule has 0 bridgehead atoms. The second kappa shape index (κ2) is 5.59. The predicted octanol–water partition coefficient (Wildman–Crippen LogP) is 2.52. The molecule has 1 fully saturated rings. The molecule has 0 saturated carbocycles. The van der Waals surface area contributed by atoms with Gasteiger partial charge in [-0.15, -0.1) is 0 Å². The zero-order chi connectivity index (χ0) is 8.85. The summed E-state index contributed by atoms with van der Waals surface area (Å²) >= 11 is 0. The van der Waals surface area contributed by atoms with Gasteiger partial charge in [-0.1, -0.05) is 34.6 Å². The first-order chi connectivity index (χ1) is 5.22. The molecular formula is C10H23N. The number of hydrogen-bond acceptors (Lipinski definition) is 1. The van der Waals surface area contributed by atoms with E-state index in [9.17, 15) is 0 Å². The molecule has 11 heavy (non-hydrogen) atoms. The van der Waals surface area contributed by atoms with E-state index in [1.54, 1.807) is 0 Å². The molecule has 1 rings (SSSR count). The Balaban J connectivity index is 0.000000461. The molecule has 0 aromatic carbocycles. The first-order valence-corrected chi connectivity index (χ1v) is 4.92. The molecule has 0 amide bonds. The third-order valence-electron chi connectivity index (χ3n) is 2.43. The van der Waals surface area contributed by atoms with Gasteiger partial charge in [0, 0.05) is 0 Å². The second-order valence-electron chi connectivity index (χ2n) is 3.54. The predicted molar refractivity (Wildman–Crippen MR) is 51.7 cm³/mol. The summed E-state index contributed by atoms with van der Waals surface area (Å²) in [5, 5.41) is 3.40. The second-order valence-corrected chi connectivity index (χ2v) is 3.54. The zero-order valence-electron chi connectivity index (χ0n) is 8.65. The van der Waals surface area contributed by atoms with Crippen molar-refractivity contribution in [3.05, 3.63) is 0 Å². The summed E-state index contributed by atoms with van der Waals surface area (Å²) < 4.78 is 0. The smallest absolute Gasteiger partial charge is 0.00149 e. The summed E-state index contributed by atoms with van der Waals surface area (Å²) in [4.78, 5) is 0. The highest BCUT2D eigenvalue weighted by molar-refractivity contribution is 4.79. The van der Waals surface area contributed by atoms with E-state index >= 15 is 0 Å². The van der Waals surface area contributed by atoms with Crippen molar-refractivity contribution in [3.8, 4) is 0 Å². The lowest BCUT2D eigenvalue weighted by Gasteiger charge is -2.17. The Kier molecular flexibility index (Phi) is 5.57. The first kappa shape index (κ1) is 11.0. The van der Waals surface area contributed by atoms with E-state index in [1.165, 1.54) is 13.1 Å². The summed E-state index contributed by atoms with van der Waals surface area (Å²) in [5.41, 5.74) is 0. The van der Waals surface area contributed by atoms with Gasteiger partial charge in [-0.2, -0.15) is 0 Å². The highest BCUT2D eigenvalue weighted by Gasteiger charge is 2.24. The Morgan fingerprint density at radius 1 is 1.18 bits per heavy atom. The number of rotatable bonds is 1. The average molecular weight is 157 g/mol. The Hall–Kier alpha value is -0.0400. The van der Waals surface area contributed by atoms with Crippen molar-refractivity contribution in [2.45, 2.75) is 34.6 Å². The molecule has 1 heterocycles. The quantitative estimate of drug-likeness (QED) is 0.617. The molecule has 1 aliphatic rings. The van der Waals surface area contributed by atoms with E-state index < -0.39 is 0 Å². The standard InChI is InChI=1S/C8H17N.C2H6/c1-6(2)8-5-9-4-7(8)3;1-2/h6-9H,4-5H2,1-3H3;1-2H3. The first-order valence-electron chi connectivity index (χ1n) is 4.92. The van der Waals surface area contributed by atoms with Gasteiger partial charge in [0.25, 0.3) is 0 Å². The molecule has 1 saturated heterocycles. The molecule has 1 heteroatoms. The van der Waals surface area contributed by atoms with Crippen LogP contribution in [0.25, 0.3) is 0 Å². The van der Waals surface area contributed by atoms with Crippen LogP contribution >= 0.6 is 0 Å². The normalized spacial score (nSPS) is 30.0. The maximum absolute atomic E-state index is 3.40. The fraction of sp³-hybridized carbons (Fsp3) is 1.00. The summed E-state index contributed by atoms with van der Waals surface area (Å²) in [6, 6.07) is 0. The summed E-state index contributed by atoms with van der Waals surface area (Å²) in [7, 11) is 0. The Morgan fingerprint density at radius 2 is 1.73 bits per heavy atom.